The minimum absolute atomic E-state index is 0.137. The van der Waals surface area contributed by atoms with Gasteiger partial charge in [-0.05, 0) is 17.7 Å². The van der Waals surface area contributed by atoms with Crippen LogP contribution in [0.5, 0.6) is 0 Å². The summed E-state index contributed by atoms with van der Waals surface area (Å²) in [4.78, 5) is 25.3. The molecule has 0 spiro atoms. The number of benzene rings is 1. The summed E-state index contributed by atoms with van der Waals surface area (Å²) in [5, 5.41) is 10.4. The number of carbonyl (C=O) groups is 1. The lowest BCUT2D eigenvalue weighted by Gasteiger charge is -2.04. The molecule has 3 aromatic heterocycles. The van der Waals surface area contributed by atoms with Crippen LogP contribution in [0.4, 0.5) is 0 Å². The zero-order valence-corrected chi connectivity index (χ0v) is 14.4. The number of nitrogens with zero attached hydrogens (tertiary/aromatic N) is 4. The quantitative estimate of drug-likeness (QED) is 0.569. The van der Waals surface area contributed by atoms with Crippen molar-refractivity contribution < 1.29 is 4.79 Å². The van der Waals surface area contributed by atoms with Crippen molar-refractivity contribution in [1.29, 1.82) is 0 Å². The molecule has 0 saturated carbocycles. The summed E-state index contributed by atoms with van der Waals surface area (Å²) < 4.78 is 0. The van der Waals surface area contributed by atoms with E-state index in [0.29, 0.717) is 17.2 Å². The summed E-state index contributed by atoms with van der Waals surface area (Å²) in [5.74, 6) is 0.580. The van der Waals surface area contributed by atoms with Crippen LogP contribution in [0.25, 0.3) is 22.0 Å². The minimum atomic E-state index is -0.137. The summed E-state index contributed by atoms with van der Waals surface area (Å²) in [7, 11) is 0. The van der Waals surface area contributed by atoms with Gasteiger partial charge in [0.1, 0.15) is 16.2 Å². The van der Waals surface area contributed by atoms with Crippen molar-refractivity contribution >= 4 is 17.2 Å². The lowest BCUT2D eigenvalue weighted by atomic mass is 10.1. The number of carbonyl (C=O) groups excluding carboxylic acids is 1. The first-order valence-electron chi connectivity index (χ1n) is 7.89. The number of amides is 1. The molecule has 8 heteroatoms. The van der Waals surface area contributed by atoms with Gasteiger partial charge in [-0.1, -0.05) is 24.3 Å². The Morgan fingerprint density at radius 3 is 2.58 bits per heavy atom. The van der Waals surface area contributed by atoms with Crippen molar-refractivity contribution in [3.05, 3.63) is 71.8 Å². The highest BCUT2D eigenvalue weighted by molar-refractivity contribution is 7.16. The zero-order valence-electron chi connectivity index (χ0n) is 13.6. The number of aromatic nitrogens is 5. The molecule has 26 heavy (non-hydrogen) atoms. The Morgan fingerprint density at radius 1 is 1.04 bits per heavy atom. The highest BCUT2D eigenvalue weighted by Crippen LogP contribution is 2.24. The zero-order chi connectivity index (χ0) is 17.8. The smallest absolute Gasteiger partial charge is 0.263 e. The van der Waals surface area contributed by atoms with E-state index in [9.17, 15) is 4.79 Å². The highest BCUT2D eigenvalue weighted by Gasteiger charge is 2.11. The van der Waals surface area contributed by atoms with E-state index in [-0.39, 0.29) is 5.91 Å². The van der Waals surface area contributed by atoms with E-state index in [1.165, 1.54) is 17.7 Å². The molecule has 0 saturated heterocycles. The molecule has 3 heterocycles. The first-order valence-corrected chi connectivity index (χ1v) is 8.70. The molecule has 0 atom stereocenters. The Labute approximate surface area is 153 Å². The first kappa shape index (κ1) is 16.1. The summed E-state index contributed by atoms with van der Waals surface area (Å²) in [5.41, 5.74) is 2.90. The molecule has 4 rings (SSSR count). The van der Waals surface area contributed by atoms with Crippen LogP contribution in [-0.2, 0) is 6.54 Å². The van der Waals surface area contributed by atoms with E-state index in [0.717, 1.165) is 21.7 Å². The molecule has 0 bridgehead atoms. The molecule has 4 aromatic rings. The molecule has 0 aliphatic heterocycles. The maximum absolute atomic E-state index is 12.3. The van der Waals surface area contributed by atoms with Crippen molar-refractivity contribution in [2.45, 2.75) is 6.54 Å². The lowest BCUT2D eigenvalue weighted by Crippen LogP contribution is -2.21. The Hall–Kier alpha value is -3.39. The number of hydrogen-bond donors (Lipinski definition) is 2. The van der Waals surface area contributed by atoms with Gasteiger partial charge in [0.15, 0.2) is 5.82 Å². The number of aromatic amines is 1. The molecule has 0 unspecified atom stereocenters. The Balaban J connectivity index is 1.39. The third kappa shape index (κ3) is 3.50. The Morgan fingerprint density at radius 2 is 1.85 bits per heavy atom. The second kappa shape index (κ2) is 7.24. The normalized spacial score (nSPS) is 10.6. The standard InChI is InChI=1S/C18H14N6OS/c25-17(15-10-21-18(26-15)14-5-7-19-8-6-14)20-9-12-1-3-13(4-2-12)16-22-11-23-24-16/h1-8,10-11H,9H2,(H,20,25)(H,22,23,24). The second-order valence-electron chi connectivity index (χ2n) is 5.48. The van der Waals surface area contributed by atoms with Gasteiger partial charge in [0.25, 0.3) is 5.91 Å². The molecule has 0 radical (unpaired) electrons. The van der Waals surface area contributed by atoms with Gasteiger partial charge in [-0.3, -0.25) is 14.9 Å². The number of nitrogens with one attached hydrogen (secondary N) is 2. The minimum Gasteiger partial charge on any atom is -0.347 e. The largest absolute Gasteiger partial charge is 0.347 e. The van der Waals surface area contributed by atoms with Gasteiger partial charge < -0.3 is 5.32 Å². The molecular weight excluding hydrogens is 348 g/mol. The molecule has 128 valence electrons. The molecule has 0 aliphatic rings. The maximum Gasteiger partial charge on any atom is 0.263 e. The molecule has 0 aliphatic carbocycles. The topological polar surface area (TPSA) is 96.5 Å². The van der Waals surface area contributed by atoms with E-state index in [4.69, 9.17) is 0 Å². The van der Waals surface area contributed by atoms with Gasteiger partial charge in [-0.25, -0.2) is 9.97 Å². The first-order chi connectivity index (χ1) is 12.8. The van der Waals surface area contributed by atoms with Crippen LogP contribution in [0.2, 0.25) is 0 Å². The molecule has 2 N–H and O–H groups in total. The SMILES string of the molecule is O=C(NCc1ccc(-c2ncn[nH]2)cc1)c1cnc(-c2ccncc2)s1. The lowest BCUT2D eigenvalue weighted by molar-refractivity contribution is 0.0955. The molecule has 7 nitrogen and oxygen atoms in total. The van der Waals surface area contributed by atoms with Crippen molar-refractivity contribution in [1.82, 2.24) is 30.5 Å². The average Bonchev–Trinajstić information content (AvgIpc) is 3.39. The molecule has 0 fully saturated rings. The number of H-pyrrole nitrogens is 1. The predicted molar refractivity (Wildman–Crippen MR) is 98.3 cm³/mol. The van der Waals surface area contributed by atoms with E-state index >= 15 is 0 Å². The van der Waals surface area contributed by atoms with Crippen molar-refractivity contribution in [3.8, 4) is 22.0 Å². The third-order valence-corrected chi connectivity index (χ3v) is 4.80. The van der Waals surface area contributed by atoms with Gasteiger partial charge in [0, 0.05) is 30.1 Å². The molecular formula is C18H14N6OS. The Bertz CT molecular complexity index is 996. The van der Waals surface area contributed by atoms with Crippen LogP contribution >= 0.6 is 11.3 Å². The van der Waals surface area contributed by atoms with Crippen LogP contribution in [0.15, 0.2) is 61.3 Å². The van der Waals surface area contributed by atoms with E-state index in [2.05, 4.69) is 30.5 Å². The van der Waals surface area contributed by atoms with E-state index < -0.39 is 0 Å². The van der Waals surface area contributed by atoms with Gasteiger partial charge in [0.05, 0.1) is 6.20 Å². The van der Waals surface area contributed by atoms with Gasteiger partial charge >= 0.3 is 0 Å². The number of thiazole rings is 1. The van der Waals surface area contributed by atoms with E-state index in [1.54, 1.807) is 18.6 Å². The molecule has 1 aromatic carbocycles. The van der Waals surface area contributed by atoms with Crippen LogP contribution in [-0.4, -0.2) is 31.1 Å². The third-order valence-electron chi connectivity index (χ3n) is 3.75. The van der Waals surface area contributed by atoms with Gasteiger partial charge in [-0.15, -0.1) is 11.3 Å². The van der Waals surface area contributed by atoms with Gasteiger partial charge in [-0.2, -0.15) is 5.10 Å². The summed E-state index contributed by atoms with van der Waals surface area (Å²) >= 11 is 1.36. The summed E-state index contributed by atoms with van der Waals surface area (Å²) in [6, 6.07) is 11.5. The summed E-state index contributed by atoms with van der Waals surface area (Å²) in [6.07, 6.45) is 6.49. The van der Waals surface area contributed by atoms with Crippen molar-refractivity contribution in [2.24, 2.45) is 0 Å². The van der Waals surface area contributed by atoms with Crippen LogP contribution in [0.3, 0.4) is 0 Å². The monoisotopic (exact) mass is 362 g/mol. The number of pyridine rings is 1. The fourth-order valence-corrected chi connectivity index (χ4v) is 3.24. The Kier molecular flexibility index (Phi) is 4.48. The molecule has 1 amide bonds. The van der Waals surface area contributed by atoms with Gasteiger partial charge in [0.2, 0.25) is 0 Å². The van der Waals surface area contributed by atoms with Crippen LogP contribution in [0.1, 0.15) is 15.2 Å². The average molecular weight is 362 g/mol. The fraction of sp³-hybridized carbons (Fsp3) is 0.0556. The summed E-state index contributed by atoms with van der Waals surface area (Å²) in [6.45, 7) is 0.442. The van der Waals surface area contributed by atoms with Crippen molar-refractivity contribution in [3.63, 3.8) is 0 Å². The second-order valence-corrected chi connectivity index (χ2v) is 6.51. The number of rotatable bonds is 5. The number of hydrogen-bond acceptors (Lipinski definition) is 6. The van der Waals surface area contributed by atoms with Crippen LogP contribution < -0.4 is 5.32 Å². The van der Waals surface area contributed by atoms with Crippen molar-refractivity contribution in [2.75, 3.05) is 0 Å². The van der Waals surface area contributed by atoms with Crippen LogP contribution in [0, 0.1) is 0 Å². The predicted octanol–water partition coefficient (Wildman–Crippen LogP) is 2.92. The highest BCUT2D eigenvalue weighted by atomic mass is 32.1. The fourth-order valence-electron chi connectivity index (χ4n) is 2.40. The van der Waals surface area contributed by atoms with E-state index in [1.807, 2.05) is 36.4 Å². The maximum atomic E-state index is 12.3.